The Morgan fingerprint density at radius 2 is 1.50 bits per heavy atom. The zero-order valence-electron chi connectivity index (χ0n) is 18.4. The van der Waals surface area contributed by atoms with Crippen LogP contribution in [0.2, 0.25) is 12.1 Å². The van der Waals surface area contributed by atoms with Crippen molar-refractivity contribution in [1.82, 2.24) is 0 Å². The Morgan fingerprint density at radius 1 is 0.893 bits per heavy atom. The summed E-state index contributed by atoms with van der Waals surface area (Å²) >= 11 is 2.01. The van der Waals surface area contributed by atoms with Gasteiger partial charge in [-0.15, -0.1) is 11.8 Å². The number of hydrogen-bond donors (Lipinski definition) is 1. The van der Waals surface area contributed by atoms with Gasteiger partial charge >= 0.3 is 0 Å². The Morgan fingerprint density at radius 3 is 2.04 bits per heavy atom. The second-order valence-corrected chi connectivity index (χ2v) is 15.1. The molecule has 0 saturated carbocycles. The predicted molar refractivity (Wildman–Crippen MR) is 129 cm³/mol. The normalized spacial score (nSPS) is 12.3. The van der Waals surface area contributed by atoms with Gasteiger partial charge in [-0.2, -0.15) is 0 Å². The average molecular weight is 415 g/mol. The van der Waals surface area contributed by atoms with Gasteiger partial charge in [-0.05, 0) is 29.0 Å². The van der Waals surface area contributed by atoms with Gasteiger partial charge < -0.3 is 5.11 Å². The monoisotopic (exact) mass is 414 g/mol. The predicted octanol–water partition coefficient (Wildman–Crippen LogP) is 7.28. The van der Waals surface area contributed by atoms with Gasteiger partial charge in [0.2, 0.25) is 0 Å². The van der Waals surface area contributed by atoms with Crippen LogP contribution in [0.15, 0.2) is 53.4 Å². The standard InChI is InChI=1S/C25H38OSSi/c1-6-8-17-28(18-9-7-2,22-13-11-10-12-14-22)20-27-21-15-16-24(26)23(19-21)25(3,4)5/h10-16,19,26H,6-9,17-18,20H2,1-5H3. The SMILES string of the molecule is CCCC[Si](CCCC)(CSc1ccc(O)c(C(C)(C)C)c1)c1ccccc1. The van der Waals surface area contributed by atoms with Crippen molar-refractivity contribution in [2.75, 3.05) is 5.38 Å². The van der Waals surface area contributed by atoms with Gasteiger partial charge in [0.1, 0.15) is 5.75 Å². The second kappa shape index (κ2) is 10.5. The topological polar surface area (TPSA) is 20.2 Å². The minimum absolute atomic E-state index is 0.0426. The van der Waals surface area contributed by atoms with E-state index < -0.39 is 8.07 Å². The lowest BCUT2D eigenvalue weighted by Gasteiger charge is -2.33. The van der Waals surface area contributed by atoms with Crippen molar-refractivity contribution in [1.29, 1.82) is 0 Å². The molecule has 0 saturated heterocycles. The zero-order chi connectivity index (χ0) is 20.6. The highest BCUT2D eigenvalue weighted by Gasteiger charge is 2.34. The second-order valence-electron chi connectivity index (χ2n) is 9.07. The molecule has 0 amide bonds. The Labute approximate surface area is 178 Å². The molecule has 0 radical (unpaired) electrons. The molecule has 0 unspecified atom stereocenters. The molecule has 0 aliphatic heterocycles. The molecule has 0 bridgehead atoms. The molecule has 0 heterocycles. The molecule has 2 aromatic carbocycles. The molecular formula is C25H38OSSi. The maximum absolute atomic E-state index is 10.3. The van der Waals surface area contributed by atoms with E-state index in [1.165, 1.54) is 48.0 Å². The van der Waals surface area contributed by atoms with Crippen molar-refractivity contribution in [2.45, 2.75) is 82.7 Å². The maximum Gasteiger partial charge on any atom is 0.119 e. The number of aromatic hydroxyl groups is 1. The first-order valence-electron chi connectivity index (χ1n) is 10.8. The van der Waals surface area contributed by atoms with Crippen LogP contribution in [-0.4, -0.2) is 18.6 Å². The van der Waals surface area contributed by atoms with Crippen LogP contribution in [0.5, 0.6) is 5.75 Å². The summed E-state index contributed by atoms with van der Waals surface area (Å²) in [5.41, 5.74) is 1.01. The Bertz CT molecular complexity index is 713. The van der Waals surface area contributed by atoms with Crippen molar-refractivity contribution in [3.05, 3.63) is 54.1 Å². The van der Waals surface area contributed by atoms with E-state index in [1.807, 2.05) is 17.8 Å². The first-order chi connectivity index (χ1) is 13.3. The highest BCUT2D eigenvalue weighted by Crippen LogP contribution is 2.36. The molecule has 0 fully saturated rings. The summed E-state index contributed by atoms with van der Waals surface area (Å²) in [6.45, 7) is 11.1. The summed E-state index contributed by atoms with van der Waals surface area (Å²) < 4.78 is 0. The van der Waals surface area contributed by atoms with Crippen molar-refractivity contribution < 1.29 is 5.11 Å². The van der Waals surface area contributed by atoms with Crippen LogP contribution in [0.3, 0.4) is 0 Å². The van der Waals surface area contributed by atoms with E-state index >= 15 is 0 Å². The highest BCUT2D eigenvalue weighted by molar-refractivity contribution is 8.01. The van der Waals surface area contributed by atoms with Crippen LogP contribution in [0.25, 0.3) is 0 Å². The number of phenols is 1. The van der Waals surface area contributed by atoms with Crippen LogP contribution in [-0.2, 0) is 5.41 Å². The zero-order valence-corrected chi connectivity index (χ0v) is 20.2. The summed E-state index contributed by atoms with van der Waals surface area (Å²) in [6.07, 6.45) is 5.19. The minimum atomic E-state index is -1.57. The van der Waals surface area contributed by atoms with Crippen molar-refractivity contribution in [2.24, 2.45) is 0 Å². The van der Waals surface area contributed by atoms with Gasteiger partial charge in [0.15, 0.2) is 0 Å². The molecule has 2 aromatic rings. The van der Waals surface area contributed by atoms with E-state index in [4.69, 9.17) is 0 Å². The summed E-state index contributed by atoms with van der Waals surface area (Å²) in [7, 11) is -1.57. The average Bonchev–Trinajstić information content (AvgIpc) is 2.68. The molecular weight excluding hydrogens is 376 g/mol. The lowest BCUT2D eigenvalue weighted by atomic mass is 9.86. The molecule has 154 valence electrons. The molecule has 2 rings (SSSR count). The Kier molecular flexibility index (Phi) is 8.70. The fourth-order valence-corrected chi connectivity index (χ4v) is 11.6. The molecule has 0 aliphatic rings. The summed E-state index contributed by atoms with van der Waals surface area (Å²) in [5.74, 6) is 0.417. The van der Waals surface area contributed by atoms with E-state index in [1.54, 1.807) is 5.19 Å². The minimum Gasteiger partial charge on any atom is -0.508 e. The fraction of sp³-hybridized carbons (Fsp3) is 0.520. The molecule has 0 atom stereocenters. The van der Waals surface area contributed by atoms with Crippen LogP contribution >= 0.6 is 11.8 Å². The van der Waals surface area contributed by atoms with Crippen LogP contribution in [0.1, 0.15) is 65.9 Å². The maximum atomic E-state index is 10.3. The van der Waals surface area contributed by atoms with Crippen molar-refractivity contribution >= 4 is 25.0 Å². The largest absolute Gasteiger partial charge is 0.508 e. The highest BCUT2D eigenvalue weighted by atomic mass is 32.2. The molecule has 28 heavy (non-hydrogen) atoms. The molecule has 1 N–H and O–H groups in total. The van der Waals surface area contributed by atoms with E-state index in [2.05, 4.69) is 77.1 Å². The number of rotatable bonds is 10. The van der Waals surface area contributed by atoms with Gasteiger partial charge in [-0.3, -0.25) is 0 Å². The number of phenolic OH excluding ortho intramolecular Hbond substituents is 1. The van der Waals surface area contributed by atoms with Gasteiger partial charge in [0.05, 0.1) is 8.07 Å². The Balaban J connectivity index is 2.32. The third-order valence-electron chi connectivity index (χ3n) is 5.70. The fourth-order valence-electron chi connectivity index (χ4n) is 3.89. The van der Waals surface area contributed by atoms with Gasteiger partial charge in [0.25, 0.3) is 0 Å². The first kappa shape index (κ1) is 23.1. The molecule has 1 nitrogen and oxygen atoms in total. The third kappa shape index (κ3) is 6.15. The van der Waals surface area contributed by atoms with Gasteiger partial charge in [-0.25, -0.2) is 0 Å². The Hall–Kier alpha value is -1.19. The number of benzene rings is 2. The quantitative estimate of drug-likeness (QED) is 0.325. The van der Waals surface area contributed by atoms with E-state index in [9.17, 15) is 5.11 Å². The smallest absolute Gasteiger partial charge is 0.119 e. The summed E-state index contributed by atoms with van der Waals surface area (Å²) in [6, 6.07) is 20.3. The molecule has 0 aliphatic carbocycles. The van der Waals surface area contributed by atoms with E-state index in [0.717, 1.165) is 5.56 Å². The van der Waals surface area contributed by atoms with Crippen LogP contribution in [0, 0.1) is 0 Å². The number of hydrogen-bond acceptors (Lipinski definition) is 2. The molecule has 0 spiro atoms. The van der Waals surface area contributed by atoms with Crippen LogP contribution in [0.4, 0.5) is 0 Å². The van der Waals surface area contributed by atoms with Gasteiger partial charge in [0, 0.05) is 10.5 Å². The first-order valence-corrected chi connectivity index (χ1v) is 14.4. The van der Waals surface area contributed by atoms with Crippen molar-refractivity contribution in [3.8, 4) is 5.75 Å². The van der Waals surface area contributed by atoms with E-state index in [0.29, 0.717) is 5.75 Å². The lowest BCUT2D eigenvalue weighted by Crippen LogP contribution is -2.50. The number of unbranched alkanes of at least 4 members (excludes halogenated alkanes) is 2. The molecule has 3 heteroatoms. The summed E-state index contributed by atoms with van der Waals surface area (Å²) in [5, 5.41) is 13.2. The summed E-state index contributed by atoms with van der Waals surface area (Å²) in [4.78, 5) is 1.29. The number of thioether (sulfide) groups is 1. The third-order valence-corrected chi connectivity index (χ3v) is 13.2. The molecule has 0 aromatic heterocycles. The lowest BCUT2D eigenvalue weighted by molar-refractivity contribution is 0.446. The van der Waals surface area contributed by atoms with E-state index in [-0.39, 0.29) is 5.41 Å². The van der Waals surface area contributed by atoms with Gasteiger partial charge in [-0.1, -0.05) is 108 Å². The van der Waals surface area contributed by atoms with Crippen molar-refractivity contribution in [3.63, 3.8) is 0 Å². The van der Waals surface area contributed by atoms with Crippen LogP contribution < -0.4 is 5.19 Å².